The largest absolute Gasteiger partial charge is 0.744 e. The standard InChI is InChI=1S/C30H43NO6S.C7H8O3S/c1-4-7-19-35-30(37-29(33)24-36-25-13-9-8-10-14-25)17-20-34-27-16-12-11-15-26(27)31-28(32)18-23-38(21-5-2)22-6-3;1-6-2-4-7(5-3-6)11(8,9)10/h8-16,30H,4-7,17-24H2,1-3H3;2-5H,1H3,(H,8,9,10). The molecule has 3 rings (SSSR count). The van der Waals surface area contributed by atoms with Crippen LogP contribution in [-0.2, 0) is 40.1 Å². The van der Waals surface area contributed by atoms with Gasteiger partial charge in [0.1, 0.15) is 38.9 Å². The number of unbranched alkanes of at least 4 members (excludes halogenated alkanes) is 1. The van der Waals surface area contributed by atoms with Crippen molar-refractivity contribution in [1.29, 1.82) is 0 Å². The van der Waals surface area contributed by atoms with Crippen molar-refractivity contribution in [2.45, 2.75) is 77.4 Å². The molecule has 1 atom stereocenters. The lowest BCUT2D eigenvalue weighted by molar-refractivity contribution is -0.183. The Morgan fingerprint density at radius 3 is 2.10 bits per heavy atom. The molecule has 270 valence electrons. The molecule has 3 aromatic rings. The van der Waals surface area contributed by atoms with Gasteiger partial charge in [0.05, 0.1) is 30.2 Å². The van der Waals surface area contributed by atoms with E-state index in [4.69, 9.17) is 18.9 Å². The van der Waals surface area contributed by atoms with Gasteiger partial charge in [-0.2, -0.15) is 0 Å². The Balaban J connectivity index is 0.000000639. The van der Waals surface area contributed by atoms with E-state index in [2.05, 4.69) is 26.1 Å². The van der Waals surface area contributed by atoms with Crippen molar-refractivity contribution in [3.8, 4) is 11.5 Å². The molecule has 10 nitrogen and oxygen atoms in total. The quantitative estimate of drug-likeness (QED) is 0.0410. The summed E-state index contributed by atoms with van der Waals surface area (Å²) in [4.78, 5) is 24.8. The average Bonchev–Trinajstić information content (AvgIpc) is 3.08. The van der Waals surface area contributed by atoms with Crippen LogP contribution in [0, 0.1) is 6.92 Å². The lowest BCUT2D eigenvalue weighted by atomic mass is 10.2. The Bertz CT molecular complexity index is 1460. The molecule has 0 aliphatic rings. The SMILES string of the molecule is CCCCOC(CCOc1ccccc1NC(=O)CC[S+](CCC)CCC)OC(=O)COc1ccccc1.Cc1ccc(S(=O)(=O)[O-])cc1. The molecule has 1 N–H and O–H groups in total. The fraction of sp³-hybridized carbons (Fsp3) is 0.459. The third-order valence-electron chi connectivity index (χ3n) is 6.85. The number of anilines is 1. The molecule has 0 spiro atoms. The molecule has 0 fully saturated rings. The molecule has 0 aliphatic heterocycles. The van der Waals surface area contributed by atoms with Crippen LogP contribution in [0.1, 0.15) is 64.9 Å². The molecular weight excluding hydrogens is 667 g/mol. The minimum Gasteiger partial charge on any atom is -0.744 e. The van der Waals surface area contributed by atoms with Crippen LogP contribution < -0.4 is 14.8 Å². The Labute approximate surface area is 295 Å². The maximum atomic E-state index is 12.6. The molecule has 0 aliphatic carbocycles. The highest BCUT2D eigenvalue weighted by molar-refractivity contribution is 7.96. The number of carbonyl (C=O) groups excluding carboxylic acids is 2. The summed E-state index contributed by atoms with van der Waals surface area (Å²) in [5.74, 6) is 3.96. The second-order valence-corrected chi connectivity index (χ2v) is 15.0. The van der Waals surface area contributed by atoms with Crippen molar-refractivity contribution in [1.82, 2.24) is 0 Å². The number of benzene rings is 3. The van der Waals surface area contributed by atoms with E-state index in [9.17, 15) is 22.6 Å². The number of amides is 1. The number of nitrogens with one attached hydrogen (secondary N) is 1. The van der Waals surface area contributed by atoms with Crippen LogP contribution in [0.25, 0.3) is 0 Å². The van der Waals surface area contributed by atoms with E-state index in [1.54, 1.807) is 24.3 Å². The summed E-state index contributed by atoms with van der Waals surface area (Å²) in [6.07, 6.45) is 4.25. The highest BCUT2D eigenvalue weighted by Gasteiger charge is 2.19. The fourth-order valence-corrected chi connectivity index (χ4v) is 7.08. The van der Waals surface area contributed by atoms with E-state index >= 15 is 0 Å². The minimum absolute atomic E-state index is 0.00104. The molecule has 1 amide bonds. The average molecular weight is 718 g/mol. The fourth-order valence-electron chi connectivity index (χ4n) is 4.37. The Hall–Kier alpha value is -3.58. The molecule has 1 unspecified atom stereocenters. The molecule has 0 saturated carbocycles. The van der Waals surface area contributed by atoms with Crippen molar-refractivity contribution in [2.24, 2.45) is 0 Å². The van der Waals surface area contributed by atoms with Crippen LogP contribution in [0.4, 0.5) is 5.69 Å². The van der Waals surface area contributed by atoms with Gasteiger partial charge in [-0.3, -0.25) is 4.79 Å². The molecule has 0 saturated heterocycles. The summed E-state index contributed by atoms with van der Waals surface area (Å²) in [6.45, 7) is 8.82. The second kappa shape index (κ2) is 23.7. The first-order chi connectivity index (χ1) is 23.5. The van der Waals surface area contributed by atoms with E-state index in [1.165, 1.54) is 23.6 Å². The zero-order valence-electron chi connectivity index (χ0n) is 29.1. The highest BCUT2D eigenvalue weighted by atomic mass is 32.2. The number of rotatable bonds is 21. The van der Waals surface area contributed by atoms with Gasteiger partial charge in [-0.05, 0) is 73.5 Å². The van der Waals surface area contributed by atoms with Crippen LogP contribution in [0.3, 0.4) is 0 Å². The zero-order chi connectivity index (χ0) is 35.9. The van der Waals surface area contributed by atoms with Crippen molar-refractivity contribution < 1.29 is 41.5 Å². The van der Waals surface area contributed by atoms with E-state index in [0.29, 0.717) is 47.5 Å². The summed E-state index contributed by atoms with van der Waals surface area (Å²) in [5, 5.41) is 3.00. The third kappa shape index (κ3) is 18.1. The van der Waals surface area contributed by atoms with Gasteiger partial charge in [0, 0.05) is 6.42 Å². The predicted octanol–water partition coefficient (Wildman–Crippen LogP) is 6.89. The van der Waals surface area contributed by atoms with E-state index in [0.717, 1.165) is 37.0 Å². The molecule has 12 heteroatoms. The normalized spacial score (nSPS) is 11.6. The predicted molar refractivity (Wildman–Crippen MR) is 194 cm³/mol. The molecule has 0 radical (unpaired) electrons. The monoisotopic (exact) mass is 717 g/mol. The first kappa shape index (κ1) is 41.6. The number of esters is 1. The van der Waals surface area contributed by atoms with Crippen molar-refractivity contribution >= 4 is 38.6 Å². The van der Waals surface area contributed by atoms with E-state index < -0.39 is 22.4 Å². The summed E-state index contributed by atoms with van der Waals surface area (Å²) in [7, 11) is -3.97. The highest BCUT2D eigenvalue weighted by Crippen LogP contribution is 2.24. The second-order valence-electron chi connectivity index (χ2n) is 11.2. The molecule has 3 aromatic carbocycles. The minimum atomic E-state index is -4.27. The number of hydrogen-bond acceptors (Lipinski definition) is 9. The molecule has 49 heavy (non-hydrogen) atoms. The van der Waals surface area contributed by atoms with Gasteiger partial charge in [-0.15, -0.1) is 0 Å². The topological polar surface area (TPSA) is 140 Å². The van der Waals surface area contributed by atoms with Gasteiger partial charge in [0.15, 0.2) is 6.61 Å². The zero-order valence-corrected chi connectivity index (χ0v) is 30.7. The van der Waals surface area contributed by atoms with Gasteiger partial charge in [0.25, 0.3) is 0 Å². The summed E-state index contributed by atoms with van der Waals surface area (Å²) >= 11 is 0. The molecule has 0 bridgehead atoms. The Kier molecular flexibility index (Phi) is 20.1. The van der Waals surface area contributed by atoms with Crippen LogP contribution >= 0.6 is 0 Å². The number of ether oxygens (including phenoxy) is 4. The number of carbonyl (C=O) groups is 2. The van der Waals surface area contributed by atoms with Gasteiger partial charge in [-0.25, -0.2) is 13.2 Å². The van der Waals surface area contributed by atoms with E-state index in [1.807, 2.05) is 49.4 Å². The Morgan fingerprint density at radius 2 is 1.47 bits per heavy atom. The lowest BCUT2D eigenvalue weighted by Crippen LogP contribution is -2.27. The smallest absolute Gasteiger partial charge is 0.346 e. The number of hydrogen-bond donors (Lipinski definition) is 1. The first-order valence-corrected chi connectivity index (χ1v) is 19.9. The van der Waals surface area contributed by atoms with Crippen molar-refractivity contribution in [3.05, 3.63) is 84.4 Å². The third-order valence-corrected chi connectivity index (χ3v) is 10.5. The van der Waals surface area contributed by atoms with Crippen LogP contribution in [-0.4, -0.2) is 68.2 Å². The van der Waals surface area contributed by atoms with Gasteiger partial charge >= 0.3 is 5.97 Å². The first-order valence-electron chi connectivity index (χ1n) is 16.7. The number of aryl methyl sites for hydroxylation is 1. The number of para-hydroxylation sites is 3. The maximum Gasteiger partial charge on any atom is 0.346 e. The van der Waals surface area contributed by atoms with E-state index in [-0.39, 0.29) is 24.0 Å². The van der Waals surface area contributed by atoms with Crippen molar-refractivity contribution in [3.63, 3.8) is 0 Å². The Morgan fingerprint density at radius 1 is 0.816 bits per heavy atom. The van der Waals surface area contributed by atoms with Gasteiger partial charge in [0.2, 0.25) is 12.2 Å². The van der Waals surface area contributed by atoms with Crippen LogP contribution in [0.5, 0.6) is 11.5 Å². The van der Waals surface area contributed by atoms with Gasteiger partial charge < -0.3 is 28.8 Å². The van der Waals surface area contributed by atoms with Crippen molar-refractivity contribution in [2.75, 3.05) is 42.4 Å². The van der Waals surface area contributed by atoms with Gasteiger partial charge in [-0.1, -0.05) is 75.2 Å². The molecular formula is C37H51NO9S2. The molecule has 0 aromatic heterocycles. The summed E-state index contributed by atoms with van der Waals surface area (Å²) in [6, 6.07) is 22.3. The maximum absolute atomic E-state index is 12.6. The van der Waals surface area contributed by atoms with Crippen LogP contribution in [0.2, 0.25) is 0 Å². The van der Waals surface area contributed by atoms with Crippen LogP contribution in [0.15, 0.2) is 83.8 Å². The summed E-state index contributed by atoms with van der Waals surface area (Å²) in [5.41, 5.74) is 1.57. The lowest BCUT2D eigenvalue weighted by Gasteiger charge is -2.19. The summed E-state index contributed by atoms with van der Waals surface area (Å²) < 4.78 is 53.9. The molecule has 0 heterocycles.